The summed E-state index contributed by atoms with van der Waals surface area (Å²) < 4.78 is 10.6. The van der Waals surface area contributed by atoms with Crippen LogP contribution in [-0.2, 0) is 11.3 Å². The molecule has 5 heteroatoms. The molecular weight excluding hydrogens is 232 g/mol. The molecule has 0 aromatic heterocycles. The van der Waals surface area contributed by atoms with E-state index in [-0.39, 0.29) is 6.61 Å². The lowest BCUT2D eigenvalue weighted by Crippen LogP contribution is -2.21. The van der Waals surface area contributed by atoms with Crippen molar-refractivity contribution in [3.05, 3.63) is 36.4 Å². The molecule has 1 aromatic rings. The second-order valence-corrected chi connectivity index (χ2v) is 3.62. The standard InChI is InChI=1S/C13H18N2O3/c1-3-7-15-8-10-5-4-6-11(17-2)13(10)18-9-12(14)16/h3-6,15H,1,7-9H2,2H3,(H2,14,16). The maximum absolute atomic E-state index is 10.8. The molecule has 1 amide bonds. The fourth-order valence-corrected chi connectivity index (χ4v) is 1.48. The van der Waals surface area contributed by atoms with Crippen molar-refractivity contribution in [2.24, 2.45) is 5.73 Å². The van der Waals surface area contributed by atoms with Gasteiger partial charge in [0.05, 0.1) is 7.11 Å². The Morgan fingerprint density at radius 2 is 2.33 bits per heavy atom. The van der Waals surface area contributed by atoms with Crippen LogP contribution in [0.15, 0.2) is 30.9 Å². The van der Waals surface area contributed by atoms with Gasteiger partial charge in [-0.15, -0.1) is 6.58 Å². The highest BCUT2D eigenvalue weighted by molar-refractivity contribution is 5.75. The highest BCUT2D eigenvalue weighted by atomic mass is 16.5. The van der Waals surface area contributed by atoms with Gasteiger partial charge in [0.2, 0.25) is 0 Å². The van der Waals surface area contributed by atoms with Crippen molar-refractivity contribution in [3.63, 3.8) is 0 Å². The molecule has 0 bridgehead atoms. The van der Waals surface area contributed by atoms with Crippen molar-refractivity contribution < 1.29 is 14.3 Å². The molecule has 0 saturated carbocycles. The zero-order valence-corrected chi connectivity index (χ0v) is 10.4. The number of hydrogen-bond acceptors (Lipinski definition) is 4. The molecule has 0 aliphatic rings. The van der Waals surface area contributed by atoms with Crippen molar-refractivity contribution in [2.75, 3.05) is 20.3 Å². The van der Waals surface area contributed by atoms with Gasteiger partial charge in [-0.25, -0.2) is 0 Å². The molecule has 0 fully saturated rings. The predicted octanol–water partition coefficient (Wildman–Crippen LogP) is 0.835. The molecule has 0 spiro atoms. The Balaban J connectivity index is 2.85. The molecule has 1 aromatic carbocycles. The van der Waals surface area contributed by atoms with Gasteiger partial charge in [-0.05, 0) is 6.07 Å². The summed E-state index contributed by atoms with van der Waals surface area (Å²) in [5.41, 5.74) is 5.97. The lowest BCUT2D eigenvalue weighted by molar-refractivity contribution is -0.119. The van der Waals surface area contributed by atoms with Gasteiger partial charge >= 0.3 is 0 Å². The average molecular weight is 250 g/mol. The van der Waals surface area contributed by atoms with Gasteiger partial charge in [0.15, 0.2) is 18.1 Å². The van der Waals surface area contributed by atoms with Crippen LogP contribution in [0.5, 0.6) is 11.5 Å². The topological polar surface area (TPSA) is 73.6 Å². The zero-order valence-electron chi connectivity index (χ0n) is 10.4. The number of hydrogen-bond donors (Lipinski definition) is 2. The Bertz CT molecular complexity index is 419. The minimum atomic E-state index is -0.522. The van der Waals surface area contributed by atoms with Crippen molar-refractivity contribution in [3.8, 4) is 11.5 Å². The van der Waals surface area contributed by atoms with E-state index >= 15 is 0 Å². The fraction of sp³-hybridized carbons (Fsp3) is 0.308. The van der Waals surface area contributed by atoms with Crippen molar-refractivity contribution >= 4 is 5.91 Å². The van der Waals surface area contributed by atoms with E-state index in [9.17, 15) is 4.79 Å². The Morgan fingerprint density at radius 1 is 1.56 bits per heavy atom. The fourth-order valence-electron chi connectivity index (χ4n) is 1.48. The van der Waals surface area contributed by atoms with Gasteiger partial charge in [-0.3, -0.25) is 4.79 Å². The van der Waals surface area contributed by atoms with Crippen LogP contribution >= 0.6 is 0 Å². The summed E-state index contributed by atoms with van der Waals surface area (Å²) in [4.78, 5) is 10.8. The summed E-state index contributed by atoms with van der Waals surface area (Å²) in [5.74, 6) is 0.593. The second-order valence-electron chi connectivity index (χ2n) is 3.62. The van der Waals surface area contributed by atoms with Crippen LogP contribution in [0.4, 0.5) is 0 Å². The first-order chi connectivity index (χ1) is 8.69. The van der Waals surface area contributed by atoms with Crippen LogP contribution in [0.1, 0.15) is 5.56 Å². The van der Waals surface area contributed by atoms with E-state index in [0.717, 1.165) is 5.56 Å². The molecule has 0 heterocycles. The third kappa shape index (κ3) is 4.10. The minimum Gasteiger partial charge on any atom is -0.493 e. The molecule has 3 N–H and O–H groups in total. The van der Waals surface area contributed by atoms with Gasteiger partial charge < -0.3 is 20.5 Å². The zero-order chi connectivity index (χ0) is 13.4. The number of benzene rings is 1. The average Bonchev–Trinajstić information content (AvgIpc) is 2.37. The number of ether oxygens (including phenoxy) is 2. The molecule has 18 heavy (non-hydrogen) atoms. The van der Waals surface area contributed by atoms with Crippen molar-refractivity contribution in [1.29, 1.82) is 0 Å². The third-order valence-corrected chi connectivity index (χ3v) is 2.24. The van der Waals surface area contributed by atoms with E-state index in [0.29, 0.717) is 24.6 Å². The number of para-hydroxylation sites is 1. The maximum atomic E-state index is 10.8. The molecular formula is C13H18N2O3. The smallest absolute Gasteiger partial charge is 0.255 e. The van der Waals surface area contributed by atoms with Gasteiger partial charge in [0, 0.05) is 18.7 Å². The van der Waals surface area contributed by atoms with Gasteiger partial charge in [-0.1, -0.05) is 18.2 Å². The van der Waals surface area contributed by atoms with E-state index in [2.05, 4.69) is 11.9 Å². The first kappa shape index (κ1) is 14.1. The Morgan fingerprint density at radius 3 is 2.94 bits per heavy atom. The summed E-state index contributed by atoms with van der Waals surface area (Å²) >= 11 is 0. The first-order valence-electron chi connectivity index (χ1n) is 5.57. The largest absolute Gasteiger partial charge is 0.493 e. The van der Waals surface area contributed by atoms with Crippen LogP contribution in [0, 0.1) is 0 Å². The van der Waals surface area contributed by atoms with E-state index in [1.807, 2.05) is 12.1 Å². The lowest BCUT2D eigenvalue weighted by atomic mass is 10.2. The summed E-state index contributed by atoms with van der Waals surface area (Å²) in [6, 6.07) is 5.53. The molecule has 98 valence electrons. The molecule has 0 aliphatic heterocycles. The Hall–Kier alpha value is -2.01. The molecule has 0 aliphatic carbocycles. The van der Waals surface area contributed by atoms with Crippen molar-refractivity contribution in [1.82, 2.24) is 5.32 Å². The molecule has 0 saturated heterocycles. The highest BCUT2D eigenvalue weighted by Gasteiger charge is 2.11. The van der Waals surface area contributed by atoms with E-state index in [4.69, 9.17) is 15.2 Å². The number of nitrogens with one attached hydrogen (secondary N) is 1. The normalized spacial score (nSPS) is 9.83. The van der Waals surface area contributed by atoms with E-state index in [1.165, 1.54) is 0 Å². The second kappa shape index (κ2) is 7.34. The number of carbonyl (C=O) groups excluding carboxylic acids is 1. The van der Waals surface area contributed by atoms with Gasteiger partial charge in [-0.2, -0.15) is 0 Å². The Labute approximate surface area is 107 Å². The van der Waals surface area contributed by atoms with Gasteiger partial charge in [0.1, 0.15) is 0 Å². The molecule has 1 rings (SSSR count). The number of carbonyl (C=O) groups is 1. The predicted molar refractivity (Wildman–Crippen MR) is 69.6 cm³/mol. The first-order valence-corrected chi connectivity index (χ1v) is 5.57. The summed E-state index contributed by atoms with van der Waals surface area (Å²) in [7, 11) is 1.55. The lowest BCUT2D eigenvalue weighted by Gasteiger charge is -2.14. The quantitative estimate of drug-likeness (QED) is 0.529. The van der Waals surface area contributed by atoms with Crippen LogP contribution in [0.2, 0.25) is 0 Å². The Kier molecular flexibility index (Phi) is 5.73. The third-order valence-electron chi connectivity index (χ3n) is 2.24. The summed E-state index contributed by atoms with van der Waals surface area (Å²) in [6.07, 6.45) is 1.77. The number of amides is 1. The number of primary amides is 1. The molecule has 0 atom stereocenters. The van der Waals surface area contributed by atoms with Crippen molar-refractivity contribution in [2.45, 2.75) is 6.54 Å². The van der Waals surface area contributed by atoms with E-state index in [1.54, 1.807) is 19.3 Å². The molecule has 5 nitrogen and oxygen atoms in total. The highest BCUT2D eigenvalue weighted by Crippen LogP contribution is 2.30. The van der Waals surface area contributed by atoms with Gasteiger partial charge in [0.25, 0.3) is 5.91 Å². The van der Waals surface area contributed by atoms with Crippen LogP contribution < -0.4 is 20.5 Å². The maximum Gasteiger partial charge on any atom is 0.255 e. The SMILES string of the molecule is C=CCNCc1cccc(OC)c1OCC(N)=O. The van der Waals surface area contributed by atoms with Crippen LogP contribution in [-0.4, -0.2) is 26.2 Å². The summed E-state index contributed by atoms with van der Waals surface area (Å²) in [6.45, 7) is 4.74. The minimum absolute atomic E-state index is 0.172. The number of nitrogens with two attached hydrogens (primary N) is 1. The number of rotatable bonds is 8. The molecule has 0 radical (unpaired) electrons. The van der Waals surface area contributed by atoms with E-state index < -0.39 is 5.91 Å². The van der Waals surface area contributed by atoms with Crippen LogP contribution in [0.3, 0.4) is 0 Å². The van der Waals surface area contributed by atoms with Crippen LogP contribution in [0.25, 0.3) is 0 Å². The summed E-state index contributed by atoms with van der Waals surface area (Å²) in [5, 5.41) is 3.16. The molecule has 0 unspecified atom stereocenters. The number of methoxy groups -OCH3 is 1. The monoisotopic (exact) mass is 250 g/mol.